The van der Waals surface area contributed by atoms with Crippen LogP contribution in [0.5, 0.6) is 0 Å². The van der Waals surface area contributed by atoms with Crippen molar-refractivity contribution in [3.8, 4) is 0 Å². The minimum Gasteiger partial charge on any atom is -0.340 e. The maximum Gasteiger partial charge on any atom is 0.261 e. The van der Waals surface area contributed by atoms with Crippen molar-refractivity contribution in [1.29, 1.82) is 0 Å². The molecular weight excluding hydrogens is 396 g/mol. The number of fused-ring (bicyclic) bond motifs is 3. The van der Waals surface area contributed by atoms with Gasteiger partial charge in [-0.2, -0.15) is 0 Å². The first kappa shape index (κ1) is 20.4. The molecule has 4 rings (SSSR count). The molecule has 0 spiro atoms. The largest absolute Gasteiger partial charge is 0.340 e. The molecule has 0 saturated heterocycles. The average Bonchev–Trinajstić information content (AvgIpc) is 3.08. The van der Waals surface area contributed by atoms with Crippen LogP contribution in [0.3, 0.4) is 0 Å². The third-order valence-electron chi connectivity index (χ3n) is 5.89. The summed E-state index contributed by atoms with van der Waals surface area (Å²) in [7, 11) is 0. The van der Waals surface area contributed by atoms with Gasteiger partial charge in [-0.25, -0.2) is 0 Å². The van der Waals surface area contributed by atoms with E-state index in [2.05, 4.69) is 11.5 Å². The molecule has 2 heterocycles. The number of ketones is 1. The van der Waals surface area contributed by atoms with Crippen LogP contribution in [-0.4, -0.2) is 20.8 Å². The molecule has 2 aromatic heterocycles. The molecule has 0 bridgehead atoms. The van der Waals surface area contributed by atoms with Gasteiger partial charge in [-0.05, 0) is 50.1 Å². The van der Waals surface area contributed by atoms with Gasteiger partial charge < -0.3 is 9.13 Å². The molecule has 0 aliphatic heterocycles. The van der Waals surface area contributed by atoms with E-state index in [-0.39, 0.29) is 17.2 Å². The Bertz CT molecular complexity index is 1300. The van der Waals surface area contributed by atoms with Crippen molar-refractivity contribution < 1.29 is 4.79 Å². The SMILES string of the molecule is CCCn1c2ccc(C(=O)CCl)cc2c2c(=O)n(C(C)(C)c3ccccc3)ccc21. The molecule has 4 nitrogen and oxygen atoms in total. The third-order valence-corrected chi connectivity index (χ3v) is 6.13. The van der Waals surface area contributed by atoms with Gasteiger partial charge in [0, 0.05) is 29.2 Å². The molecule has 30 heavy (non-hydrogen) atoms. The summed E-state index contributed by atoms with van der Waals surface area (Å²) in [5, 5.41) is 1.45. The number of rotatable bonds is 6. The summed E-state index contributed by atoms with van der Waals surface area (Å²) in [5.74, 6) is -0.222. The van der Waals surface area contributed by atoms with Crippen LogP contribution in [0.25, 0.3) is 21.8 Å². The smallest absolute Gasteiger partial charge is 0.261 e. The lowest BCUT2D eigenvalue weighted by molar-refractivity contribution is 0.102. The van der Waals surface area contributed by atoms with Gasteiger partial charge in [-0.3, -0.25) is 9.59 Å². The number of carbonyl (C=O) groups excluding carboxylic acids is 1. The van der Waals surface area contributed by atoms with E-state index in [0.29, 0.717) is 10.9 Å². The van der Waals surface area contributed by atoms with Crippen molar-refractivity contribution in [2.75, 3.05) is 5.88 Å². The molecule has 0 aliphatic carbocycles. The van der Waals surface area contributed by atoms with Gasteiger partial charge in [-0.1, -0.05) is 37.3 Å². The molecule has 0 saturated carbocycles. The molecule has 154 valence electrons. The number of pyridine rings is 1. The van der Waals surface area contributed by atoms with E-state index in [1.54, 1.807) is 10.6 Å². The van der Waals surface area contributed by atoms with Gasteiger partial charge in [0.05, 0.1) is 22.3 Å². The fraction of sp³-hybridized carbons (Fsp3) is 0.280. The minimum absolute atomic E-state index is 0.0586. The highest BCUT2D eigenvalue weighted by molar-refractivity contribution is 6.30. The Balaban J connectivity index is 2.06. The van der Waals surface area contributed by atoms with Crippen LogP contribution in [0.15, 0.2) is 65.6 Å². The lowest BCUT2D eigenvalue weighted by Gasteiger charge is -2.28. The molecule has 0 radical (unpaired) electrons. The molecule has 0 amide bonds. The Morgan fingerprint density at radius 2 is 1.77 bits per heavy atom. The Labute approximate surface area is 180 Å². The van der Waals surface area contributed by atoms with Crippen LogP contribution in [0, 0.1) is 0 Å². The summed E-state index contributed by atoms with van der Waals surface area (Å²) < 4.78 is 3.96. The highest BCUT2D eigenvalue weighted by Crippen LogP contribution is 2.30. The number of nitrogens with zero attached hydrogens (tertiary/aromatic N) is 2. The van der Waals surface area contributed by atoms with Crippen molar-refractivity contribution in [1.82, 2.24) is 9.13 Å². The molecule has 0 unspecified atom stereocenters. The first-order valence-electron chi connectivity index (χ1n) is 10.2. The van der Waals surface area contributed by atoms with Crippen molar-refractivity contribution >= 4 is 39.2 Å². The highest BCUT2D eigenvalue weighted by Gasteiger charge is 2.26. The molecule has 0 atom stereocenters. The zero-order valence-corrected chi connectivity index (χ0v) is 18.2. The molecular formula is C25H25ClN2O2. The quantitative estimate of drug-likeness (QED) is 0.302. The summed E-state index contributed by atoms with van der Waals surface area (Å²) in [6.07, 6.45) is 2.83. The highest BCUT2D eigenvalue weighted by atomic mass is 35.5. The summed E-state index contributed by atoms with van der Waals surface area (Å²) in [4.78, 5) is 26.0. The zero-order chi connectivity index (χ0) is 21.5. The van der Waals surface area contributed by atoms with Gasteiger partial charge in [0.25, 0.3) is 5.56 Å². The van der Waals surface area contributed by atoms with Crippen molar-refractivity contribution in [3.63, 3.8) is 0 Å². The second-order valence-corrected chi connectivity index (χ2v) is 8.38. The Hall–Kier alpha value is -2.85. The second-order valence-electron chi connectivity index (χ2n) is 8.12. The number of aromatic nitrogens is 2. The fourth-order valence-electron chi connectivity index (χ4n) is 4.25. The zero-order valence-electron chi connectivity index (χ0n) is 17.5. The molecule has 5 heteroatoms. The number of benzene rings is 2. The lowest BCUT2D eigenvalue weighted by Crippen LogP contribution is -2.36. The minimum atomic E-state index is -0.519. The molecule has 4 aromatic rings. The molecule has 0 aliphatic rings. The van der Waals surface area contributed by atoms with Crippen LogP contribution >= 0.6 is 11.6 Å². The normalized spacial score (nSPS) is 12.0. The maximum atomic E-state index is 13.8. The van der Waals surface area contributed by atoms with E-state index in [4.69, 9.17) is 11.6 Å². The number of hydrogen-bond acceptors (Lipinski definition) is 2. The van der Waals surface area contributed by atoms with Crippen LogP contribution < -0.4 is 5.56 Å². The van der Waals surface area contributed by atoms with Gasteiger partial charge in [0.1, 0.15) is 0 Å². The van der Waals surface area contributed by atoms with E-state index in [0.717, 1.165) is 34.9 Å². The number of aryl methyl sites for hydroxylation is 1. The van der Waals surface area contributed by atoms with Gasteiger partial charge in [0.15, 0.2) is 5.78 Å². The van der Waals surface area contributed by atoms with Crippen molar-refractivity contribution in [2.24, 2.45) is 0 Å². The number of hydrogen-bond donors (Lipinski definition) is 0. The van der Waals surface area contributed by atoms with Gasteiger partial charge in [-0.15, -0.1) is 11.6 Å². The van der Waals surface area contributed by atoms with E-state index in [9.17, 15) is 9.59 Å². The van der Waals surface area contributed by atoms with Crippen LogP contribution in [-0.2, 0) is 12.1 Å². The Morgan fingerprint density at radius 1 is 1.03 bits per heavy atom. The van der Waals surface area contributed by atoms with E-state index in [1.807, 2.05) is 68.6 Å². The first-order chi connectivity index (χ1) is 14.4. The predicted octanol–water partition coefficient (Wildman–Crippen LogP) is 5.57. The number of Topliss-reactive ketones (excluding diaryl/α,β-unsaturated/α-hetero) is 1. The summed E-state index contributed by atoms with van der Waals surface area (Å²) >= 11 is 5.77. The predicted molar refractivity (Wildman–Crippen MR) is 124 cm³/mol. The monoisotopic (exact) mass is 420 g/mol. The average molecular weight is 421 g/mol. The Morgan fingerprint density at radius 3 is 2.43 bits per heavy atom. The van der Waals surface area contributed by atoms with E-state index in [1.165, 1.54) is 0 Å². The summed E-state index contributed by atoms with van der Waals surface area (Å²) in [5.41, 5.74) is 2.87. The maximum absolute atomic E-state index is 13.8. The number of carbonyl (C=O) groups is 1. The Kier molecular flexibility index (Phi) is 5.29. The topological polar surface area (TPSA) is 44.0 Å². The second kappa shape index (κ2) is 7.77. The van der Waals surface area contributed by atoms with Crippen LogP contribution in [0.1, 0.15) is 43.1 Å². The third kappa shape index (κ3) is 3.16. The summed E-state index contributed by atoms with van der Waals surface area (Å²) in [6, 6.07) is 17.6. The van der Waals surface area contributed by atoms with Gasteiger partial charge >= 0.3 is 0 Å². The standard InChI is InChI=1S/C25H25ClN2O2/c1-4-13-27-20-11-10-17(22(29)16-26)15-19(20)23-21(27)12-14-28(24(23)30)25(2,3)18-8-6-5-7-9-18/h5-12,14-15H,4,13,16H2,1-3H3. The summed E-state index contributed by atoms with van der Waals surface area (Å²) in [6.45, 7) is 7.00. The van der Waals surface area contributed by atoms with Crippen LogP contribution in [0.4, 0.5) is 0 Å². The number of halogens is 1. The molecule has 0 fully saturated rings. The van der Waals surface area contributed by atoms with E-state index >= 15 is 0 Å². The molecule has 2 aromatic carbocycles. The van der Waals surface area contributed by atoms with E-state index < -0.39 is 5.54 Å². The lowest BCUT2D eigenvalue weighted by atomic mass is 9.93. The van der Waals surface area contributed by atoms with Crippen LogP contribution in [0.2, 0.25) is 0 Å². The first-order valence-corrected chi connectivity index (χ1v) is 10.8. The van der Waals surface area contributed by atoms with Crippen molar-refractivity contribution in [2.45, 2.75) is 39.3 Å². The van der Waals surface area contributed by atoms with Crippen molar-refractivity contribution in [3.05, 3.63) is 82.3 Å². The number of alkyl halides is 1. The molecule has 0 N–H and O–H groups in total. The fourth-order valence-corrected chi connectivity index (χ4v) is 4.40. The van der Waals surface area contributed by atoms with Gasteiger partial charge in [0.2, 0.25) is 0 Å².